The Labute approximate surface area is 166 Å². The van der Waals surface area contributed by atoms with Crippen LogP contribution >= 0.6 is 0 Å². The number of rotatable bonds is 5. The Bertz CT molecular complexity index is 1090. The number of aromatic nitrogens is 1. The van der Waals surface area contributed by atoms with E-state index in [-0.39, 0.29) is 0 Å². The molecule has 142 valence electrons. The van der Waals surface area contributed by atoms with Gasteiger partial charge < -0.3 is 9.64 Å². The molecule has 0 amide bonds. The van der Waals surface area contributed by atoms with Crippen molar-refractivity contribution in [2.24, 2.45) is 7.05 Å². The molecular weight excluding hydrogens is 344 g/mol. The molecule has 1 aromatic heterocycles. The minimum atomic E-state index is 0.911. The van der Waals surface area contributed by atoms with Gasteiger partial charge >= 0.3 is 0 Å². The molecule has 28 heavy (non-hydrogen) atoms. The second-order valence-corrected chi connectivity index (χ2v) is 7.03. The third kappa shape index (κ3) is 2.88. The zero-order valence-electron chi connectivity index (χ0n) is 17.1. The number of benzene rings is 3. The number of fused-ring (bicyclic) bond motifs is 2. The lowest BCUT2D eigenvalue weighted by atomic mass is 9.94. The molecule has 0 saturated carbocycles. The maximum atomic E-state index is 5.87. The molecule has 3 aromatic carbocycles. The van der Waals surface area contributed by atoms with Gasteiger partial charge in [0, 0.05) is 48.1 Å². The molecule has 3 nitrogen and oxygen atoms in total. The highest BCUT2D eigenvalue weighted by molar-refractivity contribution is 6.08. The monoisotopic (exact) mass is 371 g/mol. The summed E-state index contributed by atoms with van der Waals surface area (Å²) in [5.41, 5.74) is 5.98. The highest BCUT2D eigenvalue weighted by Gasteiger charge is 2.21. The van der Waals surface area contributed by atoms with E-state index in [1.54, 1.807) is 7.11 Å². The van der Waals surface area contributed by atoms with Gasteiger partial charge in [0.25, 0.3) is 0 Å². The van der Waals surface area contributed by atoms with Crippen molar-refractivity contribution in [1.82, 2.24) is 0 Å². The van der Waals surface area contributed by atoms with E-state index in [2.05, 4.69) is 97.1 Å². The largest absolute Gasteiger partial charge is 0.496 e. The van der Waals surface area contributed by atoms with Crippen LogP contribution < -0.4 is 14.2 Å². The highest BCUT2D eigenvalue weighted by atomic mass is 16.5. The summed E-state index contributed by atoms with van der Waals surface area (Å²) < 4.78 is 8.14. The lowest BCUT2D eigenvalue weighted by molar-refractivity contribution is -0.617. The van der Waals surface area contributed by atoms with Crippen LogP contribution in [0.1, 0.15) is 13.8 Å². The third-order valence-corrected chi connectivity index (χ3v) is 5.65. The highest BCUT2D eigenvalue weighted by Crippen LogP contribution is 2.40. The van der Waals surface area contributed by atoms with Gasteiger partial charge in [0.1, 0.15) is 12.8 Å². The van der Waals surface area contributed by atoms with Gasteiger partial charge in [-0.25, -0.2) is 0 Å². The average molecular weight is 372 g/mol. The van der Waals surface area contributed by atoms with E-state index in [0.717, 1.165) is 24.4 Å². The van der Waals surface area contributed by atoms with Gasteiger partial charge in [0.15, 0.2) is 0 Å². The van der Waals surface area contributed by atoms with Crippen LogP contribution in [0.5, 0.6) is 5.75 Å². The molecule has 0 N–H and O–H groups in total. The maximum Gasteiger partial charge on any atom is 0.213 e. The van der Waals surface area contributed by atoms with Gasteiger partial charge in [-0.15, -0.1) is 0 Å². The topological polar surface area (TPSA) is 16.4 Å². The molecule has 4 aromatic rings. The van der Waals surface area contributed by atoms with Crippen molar-refractivity contribution >= 4 is 27.5 Å². The number of nitrogens with zero attached hydrogens (tertiary/aromatic N) is 2. The molecule has 4 rings (SSSR count). The number of anilines is 1. The number of methoxy groups -OCH3 is 1. The normalized spacial score (nSPS) is 11.1. The summed E-state index contributed by atoms with van der Waals surface area (Å²) in [4.78, 5) is 2.34. The molecular formula is C25H27N2O+. The van der Waals surface area contributed by atoms with Crippen LogP contribution in [0.4, 0.5) is 5.69 Å². The van der Waals surface area contributed by atoms with Crippen molar-refractivity contribution in [2.75, 3.05) is 25.1 Å². The zero-order chi connectivity index (χ0) is 19.7. The van der Waals surface area contributed by atoms with Crippen molar-refractivity contribution in [3.8, 4) is 16.9 Å². The van der Waals surface area contributed by atoms with Gasteiger partial charge in [0.2, 0.25) is 11.0 Å². The number of ether oxygens (including phenoxy) is 1. The Morgan fingerprint density at radius 3 is 1.93 bits per heavy atom. The van der Waals surface area contributed by atoms with Crippen LogP contribution in [0.2, 0.25) is 0 Å². The van der Waals surface area contributed by atoms with E-state index in [0.29, 0.717) is 0 Å². The molecule has 1 heterocycles. The molecule has 0 fully saturated rings. The van der Waals surface area contributed by atoms with Crippen LogP contribution in [0.25, 0.3) is 32.9 Å². The fraction of sp³-hybridized carbons (Fsp3) is 0.240. The van der Waals surface area contributed by atoms with Gasteiger partial charge in [-0.05, 0) is 38.1 Å². The Balaban J connectivity index is 2.07. The molecule has 0 bridgehead atoms. The van der Waals surface area contributed by atoms with Crippen LogP contribution in [0, 0.1) is 0 Å². The average Bonchev–Trinajstić information content (AvgIpc) is 2.75. The minimum Gasteiger partial charge on any atom is -0.496 e. The number of hydrogen-bond donors (Lipinski definition) is 0. The number of pyridine rings is 1. The smallest absolute Gasteiger partial charge is 0.213 e. The van der Waals surface area contributed by atoms with Gasteiger partial charge in [-0.3, -0.25) is 0 Å². The summed E-state index contributed by atoms with van der Waals surface area (Å²) in [6.07, 6.45) is 0. The second kappa shape index (κ2) is 7.51. The molecule has 0 saturated heterocycles. The fourth-order valence-electron chi connectivity index (χ4n) is 4.19. The van der Waals surface area contributed by atoms with Crippen LogP contribution in [-0.2, 0) is 7.05 Å². The predicted octanol–water partition coefficient (Wildman–Crippen LogP) is 5.34. The Kier molecular flexibility index (Phi) is 4.91. The maximum absolute atomic E-state index is 5.87. The molecule has 0 aliphatic carbocycles. The van der Waals surface area contributed by atoms with Crippen molar-refractivity contribution in [2.45, 2.75) is 13.8 Å². The Morgan fingerprint density at radius 1 is 0.821 bits per heavy atom. The van der Waals surface area contributed by atoms with Crippen molar-refractivity contribution in [3.05, 3.63) is 66.7 Å². The van der Waals surface area contributed by atoms with E-state index in [1.807, 2.05) is 0 Å². The summed E-state index contributed by atoms with van der Waals surface area (Å²) in [6, 6.07) is 23.8. The van der Waals surface area contributed by atoms with E-state index in [1.165, 1.54) is 33.1 Å². The molecule has 0 atom stereocenters. The first kappa shape index (κ1) is 18.3. The van der Waals surface area contributed by atoms with Crippen LogP contribution in [0.3, 0.4) is 0 Å². The first-order valence-corrected chi connectivity index (χ1v) is 9.92. The quantitative estimate of drug-likeness (QED) is 0.348. The van der Waals surface area contributed by atoms with Crippen molar-refractivity contribution in [3.63, 3.8) is 0 Å². The lowest BCUT2D eigenvalue weighted by Crippen LogP contribution is -2.30. The van der Waals surface area contributed by atoms with Crippen LogP contribution in [-0.4, -0.2) is 20.2 Å². The summed E-state index contributed by atoms with van der Waals surface area (Å²) in [6.45, 7) is 6.32. The Hall–Kier alpha value is -3.07. The number of para-hydroxylation sites is 2. The Morgan fingerprint density at radius 2 is 1.39 bits per heavy atom. The SMILES string of the molecule is CCN(CC)c1ccc(-c2c3ccccc3[n+](C)c3ccccc23)c(OC)c1. The van der Waals surface area contributed by atoms with Crippen molar-refractivity contribution in [1.29, 1.82) is 0 Å². The van der Waals surface area contributed by atoms with Crippen molar-refractivity contribution < 1.29 is 9.30 Å². The van der Waals surface area contributed by atoms with E-state index < -0.39 is 0 Å². The number of aryl methyl sites for hydroxylation is 1. The summed E-state index contributed by atoms with van der Waals surface area (Å²) >= 11 is 0. The van der Waals surface area contributed by atoms with Gasteiger partial charge in [-0.2, -0.15) is 4.57 Å². The zero-order valence-corrected chi connectivity index (χ0v) is 17.1. The molecule has 0 radical (unpaired) electrons. The predicted molar refractivity (Wildman–Crippen MR) is 118 cm³/mol. The van der Waals surface area contributed by atoms with E-state index in [9.17, 15) is 0 Å². The molecule has 0 unspecified atom stereocenters. The number of hydrogen-bond acceptors (Lipinski definition) is 2. The van der Waals surface area contributed by atoms with Gasteiger partial charge in [0.05, 0.1) is 17.9 Å². The van der Waals surface area contributed by atoms with E-state index in [4.69, 9.17) is 4.74 Å². The van der Waals surface area contributed by atoms with Crippen LogP contribution in [0.15, 0.2) is 66.7 Å². The summed E-state index contributed by atoms with van der Waals surface area (Å²) in [7, 11) is 3.90. The molecule has 3 heteroatoms. The molecule has 0 spiro atoms. The third-order valence-electron chi connectivity index (χ3n) is 5.65. The molecule has 0 aliphatic rings. The second-order valence-electron chi connectivity index (χ2n) is 7.03. The fourth-order valence-corrected chi connectivity index (χ4v) is 4.19. The first-order valence-electron chi connectivity index (χ1n) is 9.92. The molecule has 0 aliphatic heterocycles. The van der Waals surface area contributed by atoms with E-state index >= 15 is 0 Å². The lowest BCUT2D eigenvalue weighted by Gasteiger charge is -2.23. The standard InChI is InChI=1S/C25H27N2O/c1-5-27(6-2)18-15-16-21(24(17-18)28-4)25-19-11-7-9-13-22(19)26(3)23-14-10-8-12-20(23)25/h7-17H,5-6H2,1-4H3/q+1. The minimum absolute atomic E-state index is 0.911. The summed E-state index contributed by atoms with van der Waals surface area (Å²) in [5.74, 6) is 0.911. The first-order chi connectivity index (χ1) is 13.7. The van der Waals surface area contributed by atoms with Gasteiger partial charge in [-0.1, -0.05) is 24.3 Å². The summed E-state index contributed by atoms with van der Waals surface area (Å²) in [5, 5.41) is 2.47.